The van der Waals surface area contributed by atoms with Crippen LogP contribution in [0, 0.1) is 0 Å². The van der Waals surface area contributed by atoms with Crippen LogP contribution in [0.2, 0.25) is 0 Å². The van der Waals surface area contributed by atoms with Gasteiger partial charge in [0.25, 0.3) is 0 Å². The number of nitrogens with zero attached hydrogens (tertiary/aromatic N) is 1. The number of carbonyl (C=O) groups excluding carboxylic acids is 1. The van der Waals surface area contributed by atoms with Crippen molar-refractivity contribution in [2.24, 2.45) is 0 Å². The van der Waals surface area contributed by atoms with E-state index in [1.54, 1.807) is 0 Å². The number of sulfonamides is 1. The summed E-state index contributed by atoms with van der Waals surface area (Å²) in [6, 6.07) is 9.47. The molecule has 0 radical (unpaired) electrons. The minimum Gasteiger partial charge on any atom is -0.348 e. The van der Waals surface area contributed by atoms with E-state index in [2.05, 4.69) is 5.32 Å². The highest BCUT2D eigenvalue weighted by Gasteiger charge is 2.27. The van der Waals surface area contributed by atoms with Gasteiger partial charge in [-0.2, -0.15) is 4.31 Å². The second-order valence-electron chi connectivity index (χ2n) is 5.06. The largest absolute Gasteiger partial charge is 0.348 e. The van der Waals surface area contributed by atoms with Crippen molar-refractivity contribution in [1.82, 2.24) is 9.62 Å². The Labute approximate surface area is 120 Å². The monoisotopic (exact) mass is 296 g/mol. The lowest BCUT2D eigenvalue weighted by Gasteiger charge is -2.26. The molecule has 1 aliphatic rings. The molecule has 1 aromatic rings. The first-order valence-electron chi connectivity index (χ1n) is 6.81. The summed E-state index contributed by atoms with van der Waals surface area (Å²) < 4.78 is 24.9. The fourth-order valence-electron chi connectivity index (χ4n) is 2.29. The SMILES string of the molecule is CC(NC(=O)CN1CCCCS1(=O)=O)c1ccccc1. The van der Waals surface area contributed by atoms with E-state index in [0.717, 1.165) is 12.0 Å². The van der Waals surface area contributed by atoms with E-state index in [-0.39, 0.29) is 24.2 Å². The average molecular weight is 296 g/mol. The maximum atomic E-state index is 12.0. The van der Waals surface area contributed by atoms with Crippen molar-refractivity contribution >= 4 is 15.9 Å². The highest BCUT2D eigenvalue weighted by atomic mass is 32.2. The number of hydrogen-bond donors (Lipinski definition) is 1. The molecular weight excluding hydrogens is 276 g/mol. The predicted octanol–water partition coefficient (Wildman–Crippen LogP) is 1.29. The van der Waals surface area contributed by atoms with Gasteiger partial charge in [-0.3, -0.25) is 4.79 Å². The molecule has 0 saturated carbocycles. The normalized spacial score (nSPS) is 20.2. The zero-order valence-corrected chi connectivity index (χ0v) is 12.4. The van der Waals surface area contributed by atoms with Crippen LogP contribution >= 0.6 is 0 Å². The number of nitrogens with one attached hydrogen (secondary N) is 1. The summed E-state index contributed by atoms with van der Waals surface area (Å²) in [5.74, 6) is -0.110. The van der Waals surface area contributed by atoms with Crippen LogP contribution in [0.25, 0.3) is 0 Å². The minimum absolute atomic E-state index is 0.0838. The Morgan fingerprint density at radius 3 is 2.65 bits per heavy atom. The molecule has 5 nitrogen and oxygen atoms in total. The van der Waals surface area contributed by atoms with Crippen molar-refractivity contribution in [1.29, 1.82) is 0 Å². The lowest BCUT2D eigenvalue weighted by atomic mass is 10.1. The lowest BCUT2D eigenvalue weighted by molar-refractivity contribution is -0.122. The van der Waals surface area contributed by atoms with Gasteiger partial charge in [-0.05, 0) is 25.3 Å². The van der Waals surface area contributed by atoms with Crippen LogP contribution < -0.4 is 5.32 Å². The van der Waals surface area contributed by atoms with Gasteiger partial charge in [0.05, 0.1) is 18.3 Å². The van der Waals surface area contributed by atoms with Gasteiger partial charge in [-0.1, -0.05) is 30.3 Å². The third-order valence-corrected chi connectivity index (χ3v) is 5.35. The topological polar surface area (TPSA) is 66.5 Å². The molecule has 0 aromatic heterocycles. The van der Waals surface area contributed by atoms with E-state index >= 15 is 0 Å². The van der Waals surface area contributed by atoms with E-state index in [9.17, 15) is 13.2 Å². The Balaban J connectivity index is 1.92. The van der Waals surface area contributed by atoms with E-state index in [1.807, 2.05) is 37.3 Å². The number of benzene rings is 1. The van der Waals surface area contributed by atoms with Gasteiger partial charge >= 0.3 is 0 Å². The van der Waals surface area contributed by atoms with Crippen LogP contribution in [0.15, 0.2) is 30.3 Å². The first-order chi connectivity index (χ1) is 9.49. The van der Waals surface area contributed by atoms with Crippen molar-refractivity contribution in [3.63, 3.8) is 0 Å². The standard InChI is InChI=1S/C14H20N2O3S/c1-12(13-7-3-2-4-8-13)15-14(17)11-16-9-5-6-10-20(16,18)19/h2-4,7-8,12H,5-6,9-11H2,1H3,(H,15,17). The molecule has 0 bridgehead atoms. The summed E-state index contributed by atoms with van der Waals surface area (Å²) in [5.41, 5.74) is 1.00. The molecular formula is C14H20N2O3S. The highest BCUT2D eigenvalue weighted by Crippen LogP contribution is 2.14. The van der Waals surface area contributed by atoms with E-state index in [4.69, 9.17) is 0 Å². The Morgan fingerprint density at radius 2 is 2.00 bits per heavy atom. The van der Waals surface area contributed by atoms with Gasteiger partial charge in [0.2, 0.25) is 15.9 Å². The summed E-state index contributed by atoms with van der Waals surface area (Å²) in [6.07, 6.45) is 1.50. The van der Waals surface area contributed by atoms with Crippen molar-refractivity contribution in [3.05, 3.63) is 35.9 Å². The fourth-order valence-corrected chi connectivity index (χ4v) is 3.84. The Hall–Kier alpha value is -1.40. The lowest BCUT2D eigenvalue weighted by Crippen LogP contribution is -2.44. The Bertz CT molecular complexity index is 557. The molecule has 1 atom stereocenters. The van der Waals surface area contributed by atoms with Crippen LogP contribution in [0.5, 0.6) is 0 Å². The first-order valence-corrected chi connectivity index (χ1v) is 8.42. The molecule has 110 valence electrons. The first kappa shape index (κ1) is 15.0. The van der Waals surface area contributed by atoms with Crippen molar-refractivity contribution < 1.29 is 13.2 Å². The zero-order valence-electron chi connectivity index (χ0n) is 11.6. The average Bonchev–Trinajstić information content (AvgIpc) is 2.42. The zero-order chi connectivity index (χ0) is 14.6. The highest BCUT2D eigenvalue weighted by molar-refractivity contribution is 7.89. The molecule has 1 unspecified atom stereocenters. The van der Waals surface area contributed by atoms with Crippen LogP contribution in [-0.4, -0.2) is 37.5 Å². The molecule has 1 heterocycles. The smallest absolute Gasteiger partial charge is 0.235 e. The molecule has 6 heteroatoms. The molecule has 1 N–H and O–H groups in total. The summed E-state index contributed by atoms with van der Waals surface area (Å²) in [7, 11) is -3.25. The third-order valence-electron chi connectivity index (χ3n) is 3.45. The summed E-state index contributed by atoms with van der Waals surface area (Å²) in [4.78, 5) is 12.0. The number of carbonyl (C=O) groups is 1. The molecule has 1 aromatic carbocycles. The number of hydrogen-bond acceptors (Lipinski definition) is 3. The van der Waals surface area contributed by atoms with Gasteiger partial charge < -0.3 is 5.32 Å². The predicted molar refractivity (Wildman–Crippen MR) is 77.6 cm³/mol. The summed E-state index contributed by atoms with van der Waals surface area (Å²) in [6.45, 7) is 2.24. The van der Waals surface area contributed by atoms with Crippen molar-refractivity contribution in [2.75, 3.05) is 18.8 Å². The van der Waals surface area contributed by atoms with E-state index in [0.29, 0.717) is 13.0 Å². The van der Waals surface area contributed by atoms with Crippen molar-refractivity contribution in [3.8, 4) is 0 Å². The van der Waals surface area contributed by atoms with E-state index in [1.165, 1.54) is 4.31 Å². The molecule has 1 fully saturated rings. The second-order valence-corrected chi connectivity index (χ2v) is 7.15. The summed E-state index contributed by atoms with van der Waals surface area (Å²) in [5, 5.41) is 2.84. The van der Waals surface area contributed by atoms with Gasteiger partial charge in [-0.15, -0.1) is 0 Å². The summed E-state index contributed by atoms with van der Waals surface area (Å²) >= 11 is 0. The molecule has 0 spiro atoms. The quantitative estimate of drug-likeness (QED) is 0.910. The van der Waals surface area contributed by atoms with Crippen LogP contribution in [0.3, 0.4) is 0 Å². The third kappa shape index (κ3) is 3.80. The van der Waals surface area contributed by atoms with E-state index < -0.39 is 10.0 Å². The maximum absolute atomic E-state index is 12.0. The van der Waals surface area contributed by atoms with Crippen molar-refractivity contribution in [2.45, 2.75) is 25.8 Å². The number of amides is 1. The molecule has 2 rings (SSSR count). The van der Waals surface area contributed by atoms with Crippen LogP contribution in [0.4, 0.5) is 0 Å². The Kier molecular flexibility index (Phi) is 4.77. The maximum Gasteiger partial charge on any atom is 0.235 e. The molecule has 1 amide bonds. The van der Waals surface area contributed by atoms with Crippen LogP contribution in [0.1, 0.15) is 31.4 Å². The van der Waals surface area contributed by atoms with Gasteiger partial charge in [0.1, 0.15) is 0 Å². The van der Waals surface area contributed by atoms with Gasteiger partial charge in [0.15, 0.2) is 0 Å². The molecule has 0 aliphatic carbocycles. The number of rotatable bonds is 4. The van der Waals surface area contributed by atoms with Crippen LogP contribution in [-0.2, 0) is 14.8 Å². The molecule has 20 heavy (non-hydrogen) atoms. The Morgan fingerprint density at radius 1 is 1.30 bits per heavy atom. The van der Waals surface area contributed by atoms with Gasteiger partial charge in [-0.25, -0.2) is 8.42 Å². The second kappa shape index (κ2) is 6.37. The van der Waals surface area contributed by atoms with Gasteiger partial charge in [0, 0.05) is 6.54 Å². The molecule has 1 saturated heterocycles. The minimum atomic E-state index is -3.25. The fraction of sp³-hybridized carbons (Fsp3) is 0.500. The molecule has 1 aliphatic heterocycles.